The lowest BCUT2D eigenvalue weighted by Gasteiger charge is -2.06. The largest absolute Gasteiger partial charge is 0.405 e. The van der Waals surface area contributed by atoms with Crippen LogP contribution in [-0.4, -0.2) is 28.6 Å². The molecular weight excluding hydrogens is 187 g/mol. The summed E-state index contributed by atoms with van der Waals surface area (Å²) in [6, 6.07) is 0. The molecule has 0 aromatic carbocycles. The van der Waals surface area contributed by atoms with Crippen LogP contribution in [0.15, 0.2) is 12.5 Å². The number of carbonyl (C=O) groups excluding carboxylic acids is 1. The van der Waals surface area contributed by atoms with E-state index in [1.54, 1.807) is 5.32 Å². The molecule has 0 aliphatic carbocycles. The van der Waals surface area contributed by atoms with Gasteiger partial charge in [0.1, 0.15) is 12.2 Å². The first-order valence-corrected chi connectivity index (χ1v) is 3.32. The number of rotatable bonds is 2. The average Bonchev–Trinajstić information content (AvgIpc) is 2.50. The van der Waals surface area contributed by atoms with Crippen LogP contribution in [0.2, 0.25) is 0 Å². The number of H-pyrrole nitrogens is 1. The van der Waals surface area contributed by atoms with E-state index in [4.69, 9.17) is 0 Å². The molecule has 0 unspecified atom stereocenters. The fraction of sp³-hybridized carbons (Fsp3) is 0.333. The molecule has 0 saturated carbocycles. The number of carbonyl (C=O) groups is 1. The summed E-state index contributed by atoms with van der Waals surface area (Å²) in [7, 11) is 0. The number of aromatic amines is 1. The minimum absolute atomic E-state index is 0.00394. The second-order valence-electron chi connectivity index (χ2n) is 2.26. The van der Waals surface area contributed by atoms with Gasteiger partial charge in [0, 0.05) is 0 Å². The van der Waals surface area contributed by atoms with Gasteiger partial charge in [-0.15, -0.1) is 0 Å². The zero-order chi connectivity index (χ0) is 9.90. The molecule has 1 amide bonds. The molecule has 4 nitrogen and oxygen atoms in total. The summed E-state index contributed by atoms with van der Waals surface area (Å²) in [6.45, 7) is -1.34. The van der Waals surface area contributed by atoms with Gasteiger partial charge < -0.3 is 10.3 Å². The standard InChI is InChI=1S/C6H6F3N3O/c7-6(8,9)2-11-5(13)4-1-10-3-12-4/h1,3H,2H2,(H,10,12)(H,11,13). The maximum atomic E-state index is 11.6. The maximum absolute atomic E-state index is 11.6. The van der Waals surface area contributed by atoms with E-state index in [-0.39, 0.29) is 5.69 Å². The molecule has 0 saturated heterocycles. The number of hydrogen-bond acceptors (Lipinski definition) is 2. The van der Waals surface area contributed by atoms with Crippen LogP contribution in [0.25, 0.3) is 0 Å². The van der Waals surface area contributed by atoms with E-state index < -0.39 is 18.6 Å². The first-order valence-electron chi connectivity index (χ1n) is 3.32. The van der Waals surface area contributed by atoms with Crippen LogP contribution in [-0.2, 0) is 0 Å². The number of aromatic nitrogens is 2. The Morgan fingerprint density at radius 3 is 2.77 bits per heavy atom. The van der Waals surface area contributed by atoms with Crippen molar-refractivity contribution >= 4 is 5.91 Å². The lowest BCUT2D eigenvalue weighted by molar-refractivity contribution is -0.123. The summed E-state index contributed by atoms with van der Waals surface area (Å²) < 4.78 is 34.9. The number of alkyl halides is 3. The molecule has 0 aliphatic heterocycles. The van der Waals surface area contributed by atoms with Gasteiger partial charge in [0.15, 0.2) is 0 Å². The van der Waals surface area contributed by atoms with E-state index in [0.29, 0.717) is 0 Å². The quantitative estimate of drug-likeness (QED) is 0.726. The van der Waals surface area contributed by atoms with E-state index in [1.807, 2.05) is 0 Å². The minimum atomic E-state index is -4.39. The molecule has 2 N–H and O–H groups in total. The SMILES string of the molecule is O=C(NCC(F)(F)F)c1cnc[nH]1. The molecule has 1 rings (SSSR count). The van der Waals surface area contributed by atoms with Gasteiger partial charge >= 0.3 is 6.18 Å². The number of imidazole rings is 1. The highest BCUT2D eigenvalue weighted by Gasteiger charge is 2.27. The topological polar surface area (TPSA) is 57.8 Å². The first kappa shape index (κ1) is 9.56. The van der Waals surface area contributed by atoms with Crippen LogP contribution in [0.1, 0.15) is 10.5 Å². The Bertz CT molecular complexity index is 280. The van der Waals surface area contributed by atoms with Gasteiger partial charge in [-0.2, -0.15) is 13.2 Å². The normalized spacial score (nSPS) is 11.3. The van der Waals surface area contributed by atoms with Crippen LogP contribution in [0.4, 0.5) is 13.2 Å². The minimum Gasteiger partial charge on any atom is -0.342 e. The molecule has 1 aromatic heterocycles. The Morgan fingerprint density at radius 1 is 1.62 bits per heavy atom. The summed E-state index contributed by atoms with van der Waals surface area (Å²) in [5.74, 6) is -0.824. The van der Waals surface area contributed by atoms with E-state index in [9.17, 15) is 18.0 Å². The van der Waals surface area contributed by atoms with Gasteiger partial charge in [-0.25, -0.2) is 4.98 Å². The number of amides is 1. The van der Waals surface area contributed by atoms with E-state index in [2.05, 4.69) is 9.97 Å². The van der Waals surface area contributed by atoms with Crippen molar-refractivity contribution in [3.63, 3.8) is 0 Å². The van der Waals surface area contributed by atoms with Crippen molar-refractivity contribution in [2.75, 3.05) is 6.54 Å². The molecule has 1 heterocycles. The van der Waals surface area contributed by atoms with E-state index >= 15 is 0 Å². The number of hydrogen-bond donors (Lipinski definition) is 2. The van der Waals surface area contributed by atoms with Crippen LogP contribution in [0.3, 0.4) is 0 Å². The summed E-state index contributed by atoms with van der Waals surface area (Å²) in [4.78, 5) is 16.7. The van der Waals surface area contributed by atoms with Crippen LogP contribution in [0, 0.1) is 0 Å². The van der Waals surface area contributed by atoms with Crippen molar-refractivity contribution in [2.24, 2.45) is 0 Å². The lowest BCUT2D eigenvalue weighted by Crippen LogP contribution is -2.33. The molecular formula is C6H6F3N3O. The Morgan fingerprint density at radius 2 is 2.31 bits per heavy atom. The van der Waals surface area contributed by atoms with Gasteiger partial charge in [0.05, 0.1) is 12.5 Å². The van der Waals surface area contributed by atoms with Gasteiger partial charge in [-0.05, 0) is 0 Å². The van der Waals surface area contributed by atoms with Crippen molar-refractivity contribution in [3.8, 4) is 0 Å². The Balaban J connectivity index is 2.44. The van der Waals surface area contributed by atoms with Gasteiger partial charge in [-0.3, -0.25) is 4.79 Å². The highest BCUT2D eigenvalue weighted by atomic mass is 19.4. The van der Waals surface area contributed by atoms with Crippen LogP contribution < -0.4 is 5.32 Å². The van der Waals surface area contributed by atoms with Crippen LogP contribution in [0.5, 0.6) is 0 Å². The van der Waals surface area contributed by atoms with Gasteiger partial charge in [0.25, 0.3) is 5.91 Å². The summed E-state index contributed by atoms with van der Waals surface area (Å²) in [5.41, 5.74) is 0.00394. The molecule has 0 fully saturated rings. The van der Waals surface area contributed by atoms with Crippen molar-refractivity contribution < 1.29 is 18.0 Å². The monoisotopic (exact) mass is 193 g/mol. The van der Waals surface area contributed by atoms with Crippen molar-refractivity contribution in [1.29, 1.82) is 0 Å². The summed E-state index contributed by atoms with van der Waals surface area (Å²) in [5, 5.41) is 1.69. The second-order valence-corrected chi connectivity index (χ2v) is 2.26. The third-order valence-corrected chi connectivity index (χ3v) is 1.19. The molecule has 0 spiro atoms. The predicted octanol–water partition coefficient (Wildman–Crippen LogP) is 0.702. The third kappa shape index (κ3) is 3.14. The molecule has 0 aliphatic rings. The lowest BCUT2D eigenvalue weighted by atomic mass is 10.4. The fourth-order valence-electron chi connectivity index (χ4n) is 0.656. The van der Waals surface area contributed by atoms with Crippen molar-refractivity contribution in [2.45, 2.75) is 6.18 Å². The molecule has 0 bridgehead atoms. The average molecular weight is 193 g/mol. The molecule has 0 radical (unpaired) electrons. The Hall–Kier alpha value is -1.53. The zero-order valence-corrected chi connectivity index (χ0v) is 6.35. The first-order chi connectivity index (χ1) is 5.99. The van der Waals surface area contributed by atoms with Gasteiger partial charge in [-0.1, -0.05) is 0 Å². The molecule has 13 heavy (non-hydrogen) atoms. The highest BCUT2D eigenvalue weighted by Crippen LogP contribution is 2.12. The van der Waals surface area contributed by atoms with Crippen LogP contribution >= 0.6 is 0 Å². The third-order valence-electron chi connectivity index (χ3n) is 1.19. The summed E-state index contributed by atoms with van der Waals surface area (Å²) >= 11 is 0. The molecule has 7 heteroatoms. The Labute approximate surface area is 71.2 Å². The molecule has 72 valence electrons. The molecule has 1 aromatic rings. The zero-order valence-electron chi connectivity index (χ0n) is 6.35. The van der Waals surface area contributed by atoms with Crippen molar-refractivity contribution in [1.82, 2.24) is 15.3 Å². The number of nitrogens with one attached hydrogen (secondary N) is 2. The Kier molecular flexibility index (Phi) is 2.54. The van der Waals surface area contributed by atoms with E-state index in [1.165, 1.54) is 6.33 Å². The number of halogens is 3. The van der Waals surface area contributed by atoms with Gasteiger partial charge in [0.2, 0.25) is 0 Å². The predicted molar refractivity (Wildman–Crippen MR) is 37.0 cm³/mol. The van der Waals surface area contributed by atoms with Crippen molar-refractivity contribution in [3.05, 3.63) is 18.2 Å². The molecule has 0 atom stereocenters. The number of nitrogens with zero attached hydrogens (tertiary/aromatic N) is 1. The highest BCUT2D eigenvalue weighted by molar-refractivity contribution is 5.91. The smallest absolute Gasteiger partial charge is 0.342 e. The fourth-order valence-corrected chi connectivity index (χ4v) is 0.656. The second kappa shape index (κ2) is 3.46. The maximum Gasteiger partial charge on any atom is 0.405 e. The summed E-state index contributed by atoms with van der Waals surface area (Å²) in [6.07, 6.45) is -2.04. The van der Waals surface area contributed by atoms with E-state index in [0.717, 1.165) is 6.20 Å².